The molecule has 2 heterocycles. The highest BCUT2D eigenvalue weighted by Gasteiger charge is 2.33. The minimum Gasteiger partial charge on any atom is -0.365 e. The fourth-order valence-electron chi connectivity index (χ4n) is 3.41. The molecule has 3 rings (SSSR count). The topological polar surface area (TPSA) is 28.2 Å². The average Bonchev–Trinajstić information content (AvgIpc) is 3.12. The molecule has 1 aliphatic heterocycles. The maximum Gasteiger partial charge on any atom is 0.416 e. The first kappa shape index (κ1) is 19.1. The van der Waals surface area contributed by atoms with E-state index in [0.717, 1.165) is 29.9 Å². The summed E-state index contributed by atoms with van der Waals surface area (Å²) in [6.45, 7) is 4.88. The first-order chi connectivity index (χ1) is 12.2. The predicted molar refractivity (Wildman–Crippen MR) is 95.8 cm³/mol. The Labute approximate surface area is 154 Å². The number of rotatable bonds is 4. The van der Waals surface area contributed by atoms with Crippen molar-refractivity contribution >= 4 is 16.5 Å². The number of anilines is 1. The Balaban J connectivity index is 2.02. The molecule has 8 heteroatoms. The molecule has 0 aliphatic carbocycles. The number of alkyl halides is 3. The van der Waals surface area contributed by atoms with Crippen LogP contribution in [0.1, 0.15) is 37.1 Å². The van der Waals surface area contributed by atoms with Crippen LogP contribution >= 0.6 is 11.3 Å². The van der Waals surface area contributed by atoms with Gasteiger partial charge in [0.25, 0.3) is 0 Å². The zero-order chi connectivity index (χ0) is 19.1. The Kier molecular flexibility index (Phi) is 5.25. The first-order valence-corrected chi connectivity index (χ1v) is 9.32. The van der Waals surface area contributed by atoms with Crippen molar-refractivity contribution in [3.8, 4) is 11.3 Å². The first-order valence-electron chi connectivity index (χ1n) is 8.50. The van der Waals surface area contributed by atoms with E-state index >= 15 is 0 Å². The number of likely N-dealkylation sites (tertiary alicyclic amines) is 1. The lowest BCUT2D eigenvalue weighted by Gasteiger charge is -2.25. The molecule has 1 aliphatic rings. The Morgan fingerprint density at radius 2 is 1.85 bits per heavy atom. The van der Waals surface area contributed by atoms with Gasteiger partial charge in [0.05, 0.1) is 11.3 Å². The van der Waals surface area contributed by atoms with Gasteiger partial charge in [-0.3, -0.25) is 4.90 Å². The van der Waals surface area contributed by atoms with E-state index < -0.39 is 17.6 Å². The molecule has 2 atom stereocenters. The largest absolute Gasteiger partial charge is 0.416 e. The number of benzene rings is 1. The molecular weight excluding hydrogens is 366 g/mol. The van der Waals surface area contributed by atoms with Gasteiger partial charge < -0.3 is 5.32 Å². The predicted octanol–water partition coefficient (Wildman–Crippen LogP) is 5.38. The maximum atomic E-state index is 13.8. The lowest BCUT2D eigenvalue weighted by Crippen LogP contribution is -2.31. The third kappa shape index (κ3) is 3.86. The standard InChI is InChI=1S/C18H21F4N3S/c1-10-4-5-11(2)25(10)9-15-16(24-17(23-3)26-15)12-6-13(18(20,21)22)8-14(19)7-12/h6-8,10-11H,4-5,9H2,1-3H3,(H,23,24). The highest BCUT2D eigenvalue weighted by Crippen LogP contribution is 2.38. The summed E-state index contributed by atoms with van der Waals surface area (Å²) in [6, 6.07) is 3.40. The van der Waals surface area contributed by atoms with Gasteiger partial charge in [0.1, 0.15) is 5.82 Å². The van der Waals surface area contributed by atoms with Gasteiger partial charge in [0.2, 0.25) is 0 Å². The van der Waals surface area contributed by atoms with Crippen LogP contribution in [0.25, 0.3) is 11.3 Å². The molecule has 0 amide bonds. The number of halogens is 4. The van der Waals surface area contributed by atoms with Crippen LogP contribution in [0.15, 0.2) is 18.2 Å². The summed E-state index contributed by atoms with van der Waals surface area (Å²) in [5.74, 6) is -0.914. The van der Waals surface area contributed by atoms with E-state index in [2.05, 4.69) is 29.0 Å². The number of aromatic nitrogens is 1. The SMILES string of the molecule is CNc1nc(-c2cc(F)cc(C(F)(F)F)c2)c(CN2C(C)CCC2C)s1. The molecule has 0 radical (unpaired) electrons. The number of hydrogen-bond acceptors (Lipinski definition) is 4. The molecule has 0 bridgehead atoms. The molecule has 1 N–H and O–H groups in total. The molecule has 0 saturated carbocycles. The van der Waals surface area contributed by atoms with Gasteiger partial charge in [-0.05, 0) is 44.9 Å². The van der Waals surface area contributed by atoms with Crippen molar-refractivity contribution in [2.75, 3.05) is 12.4 Å². The van der Waals surface area contributed by atoms with Crippen molar-refractivity contribution in [3.05, 3.63) is 34.5 Å². The van der Waals surface area contributed by atoms with Crippen molar-refractivity contribution in [3.63, 3.8) is 0 Å². The van der Waals surface area contributed by atoms with Crippen LogP contribution in [0, 0.1) is 5.82 Å². The molecule has 0 spiro atoms. The third-order valence-electron chi connectivity index (χ3n) is 4.87. The van der Waals surface area contributed by atoms with Gasteiger partial charge in [0.15, 0.2) is 5.13 Å². The summed E-state index contributed by atoms with van der Waals surface area (Å²) in [5.41, 5.74) is -0.430. The quantitative estimate of drug-likeness (QED) is 0.714. The molecule has 1 aromatic heterocycles. The summed E-state index contributed by atoms with van der Waals surface area (Å²) < 4.78 is 53.0. The molecule has 2 unspecified atom stereocenters. The van der Waals surface area contributed by atoms with Gasteiger partial charge in [-0.2, -0.15) is 13.2 Å². The highest BCUT2D eigenvalue weighted by molar-refractivity contribution is 7.16. The summed E-state index contributed by atoms with van der Waals surface area (Å²) >= 11 is 1.40. The molecule has 1 saturated heterocycles. The van der Waals surface area contributed by atoms with E-state index in [1.54, 1.807) is 7.05 Å². The van der Waals surface area contributed by atoms with E-state index in [1.807, 2.05) is 0 Å². The van der Waals surface area contributed by atoms with Crippen LogP contribution in [0.4, 0.5) is 22.7 Å². The summed E-state index contributed by atoms with van der Waals surface area (Å²) in [5, 5.41) is 3.54. The zero-order valence-electron chi connectivity index (χ0n) is 14.8. The van der Waals surface area contributed by atoms with Crippen molar-refractivity contribution < 1.29 is 17.6 Å². The Morgan fingerprint density at radius 3 is 2.42 bits per heavy atom. The van der Waals surface area contributed by atoms with E-state index in [9.17, 15) is 17.6 Å². The Bertz CT molecular complexity index is 777. The molecule has 2 aromatic rings. The van der Waals surface area contributed by atoms with Crippen LogP contribution in [0.2, 0.25) is 0 Å². The van der Waals surface area contributed by atoms with Gasteiger partial charge in [0, 0.05) is 36.1 Å². The van der Waals surface area contributed by atoms with Crippen molar-refractivity contribution in [2.24, 2.45) is 0 Å². The fourth-order valence-corrected chi connectivity index (χ4v) is 4.35. The number of thiazole rings is 1. The number of nitrogens with one attached hydrogen (secondary N) is 1. The molecule has 1 fully saturated rings. The second-order valence-corrected chi connectivity index (χ2v) is 7.80. The highest BCUT2D eigenvalue weighted by atomic mass is 32.1. The second-order valence-electron chi connectivity index (χ2n) is 6.71. The second kappa shape index (κ2) is 7.15. The lowest BCUT2D eigenvalue weighted by molar-refractivity contribution is -0.137. The molecule has 26 heavy (non-hydrogen) atoms. The van der Waals surface area contributed by atoms with E-state index in [4.69, 9.17) is 0 Å². The number of nitrogens with zero attached hydrogens (tertiary/aromatic N) is 2. The van der Waals surface area contributed by atoms with E-state index in [-0.39, 0.29) is 5.56 Å². The molecule has 1 aromatic carbocycles. The van der Waals surface area contributed by atoms with E-state index in [0.29, 0.717) is 35.5 Å². The Morgan fingerprint density at radius 1 is 1.19 bits per heavy atom. The summed E-state index contributed by atoms with van der Waals surface area (Å²) in [6.07, 6.45) is -2.42. The third-order valence-corrected chi connectivity index (χ3v) is 5.93. The molecule has 142 valence electrons. The van der Waals surface area contributed by atoms with Crippen LogP contribution < -0.4 is 5.32 Å². The summed E-state index contributed by atoms with van der Waals surface area (Å²) in [4.78, 5) is 7.56. The van der Waals surface area contributed by atoms with Gasteiger partial charge in [-0.25, -0.2) is 9.37 Å². The van der Waals surface area contributed by atoms with Crippen molar-refractivity contribution in [2.45, 2.75) is 51.5 Å². The van der Waals surface area contributed by atoms with Crippen molar-refractivity contribution in [1.82, 2.24) is 9.88 Å². The minimum absolute atomic E-state index is 0.157. The van der Waals surface area contributed by atoms with Crippen molar-refractivity contribution in [1.29, 1.82) is 0 Å². The van der Waals surface area contributed by atoms with Crippen LogP contribution in [0.3, 0.4) is 0 Å². The smallest absolute Gasteiger partial charge is 0.365 e. The van der Waals surface area contributed by atoms with Gasteiger partial charge in [-0.15, -0.1) is 11.3 Å². The average molecular weight is 387 g/mol. The van der Waals surface area contributed by atoms with Crippen LogP contribution in [0.5, 0.6) is 0 Å². The lowest BCUT2D eigenvalue weighted by atomic mass is 10.1. The van der Waals surface area contributed by atoms with Gasteiger partial charge >= 0.3 is 6.18 Å². The molecular formula is C18H21F4N3S. The van der Waals surface area contributed by atoms with Gasteiger partial charge in [-0.1, -0.05) is 0 Å². The summed E-state index contributed by atoms with van der Waals surface area (Å²) in [7, 11) is 1.71. The van der Waals surface area contributed by atoms with Crippen LogP contribution in [-0.2, 0) is 12.7 Å². The normalized spacial score (nSPS) is 21.3. The molecule has 3 nitrogen and oxygen atoms in total. The maximum absolute atomic E-state index is 13.8. The monoisotopic (exact) mass is 387 g/mol. The van der Waals surface area contributed by atoms with E-state index in [1.165, 1.54) is 11.3 Å². The van der Waals surface area contributed by atoms with Crippen LogP contribution in [-0.4, -0.2) is 29.0 Å². The minimum atomic E-state index is -4.60. The number of hydrogen-bond donors (Lipinski definition) is 1. The fraction of sp³-hybridized carbons (Fsp3) is 0.500. The Hall–Kier alpha value is -1.67. The zero-order valence-corrected chi connectivity index (χ0v) is 15.6.